The summed E-state index contributed by atoms with van der Waals surface area (Å²) in [6.45, 7) is 7.19. The predicted molar refractivity (Wildman–Crippen MR) is 90.2 cm³/mol. The molecule has 0 saturated heterocycles. The number of benzene rings is 1. The highest BCUT2D eigenvalue weighted by atomic mass is 32.2. The SMILES string of the molecule is C=CCNS(=O)(=O)c1cccc(C(=O)N[C@H](CC(C)C)C(=O)O)c1. The first kappa shape index (κ1) is 19.9. The van der Waals surface area contributed by atoms with Crippen LogP contribution in [-0.4, -0.2) is 38.0 Å². The van der Waals surface area contributed by atoms with Crippen molar-refractivity contribution in [3.63, 3.8) is 0 Å². The van der Waals surface area contributed by atoms with Gasteiger partial charge in [-0.05, 0) is 30.5 Å². The molecular weight excluding hydrogens is 332 g/mol. The molecule has 1 amide bonds. The summed E-state index contributed by atoms with van der Waals surface area (Å²) in [7, 11) is -3.76. The highest BCUT2D eigenvalue weighted by molar-refractivity contribution is 7.89. The van der Waals surface area contributed by atoms with Crippen molar-refractivity contribution in [1.29, 1.82) is 0 Å². The Kier molecular flexibility index (Phi) is 7.12. The minimum absolute atomic E-state index is 0.0637. The van der Waals surface area contributed by atoms with Gasteiger partial charge in [-0.25, -0.2) is 17.9 Å². The summed E-state index contributed by atoms with van der Waals surface area (Å²) in [5.41, 5.74) is 0.0754. The van der Waals surface area contributed by atoms with E-state index in [0.29, 0.717) is 0 Å². The van der Waals surface area contributed by atoms with E-state index in [1.54, 1.807) is 0 Å². The predicted octanol–water partition coefficient (Wildman–Crippen LogP) is 1.38. The minimum Gasteiger partial charge on any atom is -0.480 e. The van der Waals surface area contributed by atoms with Crippen LogP contribution < -0.4 is 10.0 Å². The van der Waals surface area contributed by atoms with Crippen LogP contribution >= 0.6 is 0 Å². The molecule has 0 radical (unpaired) electrons. The molecule has 8 heteroatoms. The van der Waals surface area contributed by atoms with Crippen molar-refractivity contribution in [3.05, 3.63) is 42.5 Å². The molecule has 1 rings (SSSR count). The molecule has 0 unspecified atom stereocenters. The van der Waals surface area contributed by atoms with Crippen LogP contribution in [0.3, 0.4) is 0 Å². The van der Waals surface area contributed by atoms with E-state index >= 15 is 0 Å². The van der Waals surface area contributed by atoms with E-state index < -0.39 is 27.9 Å². The number of rotatable bonds is 9. The summed E-state index contributed by atoms with van der Waals surface area (Å²) >= 11 is 0. The van der Waals surface area contributed by atoms with Crippen LogP contribution in [0.5, 0.6) is 0 Å². The van der Waals surface area contributed by atoms with Crippen LogP contribution in [0.4, 0.5) is 0 Å². The molecule has 1 aromatic rings. The molecule has 1 aromatic carbocycles. The molecule has 0 aliphatic carbocycles. The summed E-state index contributed by atoms with van der Waals surface area (Å²) in [6.07, 6.45) is 1.68. The lowest BCUT2D eigenvalue weighted by Gasteiger charge is -2.16. The molecule has 0 aromatic heterocycles. The van der Waals surface area contributed by atoms with Crippen molar-refractivity contribution in [1.82, 2.24) is 10.0 Å². The molecule has 24 heavy (non-hydrogen) atoms. The standard InChI is InChI=1S/C16H22N2O5S/c1-4-8-17-24(22,23)13-7-5-6-12(10-13)15(19)18-14(16(20)21)9-11(2)3/h4-7,10-11,14,17H,1,8-9H2,2-3H3,(H,18,19)(H,20,21)/t14-/m1/s1. The van der Waals surface area contributed by atoms with E-state index in [1.807, 2.05) is 13.8 Å². The Morgan fingerprint density at radius 3 is 2.54 bits per heavy atom. The summed E-state index contributed by atoms with van der Waals surface area (Å²) in [6, 6.07) is 4.38. The first-order chi connectivity index (χ1) is 11.2. The maximum Gasteiger partial charge on any atom is 0.326 e. The third-order valence-electron chi connectivity index (χ3n) is 3.13. The Morgan fingerprint density at radius 1 is 1.33 bits per heavy atom. The molecule has 0 aliphatic heterocycles. The molecule has 0 spiro atoms. The third kappa shape index (κ3) is 5.78. The molecule has 132 valence electrons. The van der Waals surface area contributed by atoms with Gasteiger partial charge in [-0.2, -0.15) is 0 Å². The second kappa shape index (κ2) is 8.60. The number of sulfonamides is 1. The highest BCUT2D eigenvalue weighted by Crippen LogP contribution is 2.12. The van der Waals surface area contributed by atoms with Gasteiger partial charge in [0, 0.05) is 12.1 Å². The van der Waals surface area contributed by atoms with Gasteiger partial charge in [0.05, 0.1) is 4.90 Å². The van der Waals surface area contributed by atoms with Crippen LogP contribution in [-0.2, 0) is 14.8 Å². The maximum absolute atomic E-state index is 12.2. The van der Waals surface area contributed by atoms with Gasteiger partial charge in [0.25, 0.3) is 5.91 Å². The number of carboxylic acid groups (broad SMARTS) is 1. The molecular formula is C16H22N2O5S. The number of hydrogen-bond acceptors (Lipinski definition) is 4. The minimum atomic E-state index is -3.76. The summed E-state index contributed by atoms with van der Waals surface area (Å²) in [4.78, 5) is 23.4. The smallest absolute Gasteiger partial charge is 0.326 e. The topological polar surface area (TPSA) is 113 Å². The lowest BCUT2D eigenvalue weighted by molar-refractivity contribution is -0.139. The van der Waals surface area contributed by atoms with Crippen molar-refractivity contribution in [2.24, 2.45) is 5.92 Å². The summed E-state index contributed by atoms with van der Waals surface area (Å²) < 4.78 is 26.4. The van der Waals surface area contributed by atoms with E-state index in [4.69, 9.17) is 5.11 Å². The zero-order valence-electron chi connectivity index (χ0n) is 13.7. The van der Waals surface area contributed by atoms with Gasteiger partial charge < -0.3 is 10.4 Å². The molecule has 0 saturated carbocycles. The Hall–Kier alpha value is -2.19. The maximum atomic E-state index is 12.2. The van der Waals surface area contributed by atoms with Crippen LogP contribution in [0, 0.1) is 5.92 Å². The zero-order chi connectivity index (χ0) is 18.3. The monoisotopic (exact) mass is 354 g/mol. The van der Waals surface area contributed by atoms with Gasteiger partial charge in [0.1, 0.15) is 6.04 Å². The molecule has 1 atom stereocenters. The van der Waals surface area contributed by atoms with Crippen LogP contribution in [0.25, 0.3) is 0 Å². The van der Waals surface area contributed by atoms with Crippen LogP contribution in [0.1, 0.15) is 30.6 Å². The molecule has 3 N–H and O–H groups in total. The molecule has 0 bridgehead atoms. The van der Waals surface area contributed by atoms with Crippen molar-refractivity contribution < 1.29 is 23.1 Å². The number of carbonyl (C=O) groups excluding carboxylic acids is 1. The van der Waals surface area contributed by atoms with Crippen molar-refractivity contribution in [3.8, 4) is 0 Å². The lowest BCUT2D eigenvalue weighted by atomic mass is 10.0. The second-order valence-electron chi connectivity index (χ2n) is 5.66. The summed E-state index contributed by atoms with van der Waals surface area (Å²) in [5, 5.41) is 11.6. The molecule has 0 fully saturated rings. The number of nitrogens with one attached hydrogen (secondary N) is 2. The normalized spacial score (nSPS) is 12.6. The average molecular weight is 354 g/mol. The van der Waals surface area contributed by atoms with E-state index in [0.717, 1.165) is 0 Å². The van der Waals surface area contributed by atoms with Crippen LogP contribution in [0.15, 0.2) is 41.8 Å². The van der Waals surface area contributed by atoms with Crippen molar-refractivity contribution in [2.45, 2.75) is 31.2 Å². The van der Waals surface area contributed by atoms with Gasteiger partial charge in [-0.3, -0.25) is 4.79 Å². The number of hydrogen-bond donors (Lipinski definition) is 3. The molecule has 7 nitrogen and oxygen atoms in total. The number of carbonyl (C=O) groups is 2. The first-order valence-corrected chi connectivity index (χ1v) is 8.90. The Balaban J connectivity index is 2.98. The first-order valence-electron chi connectivity index (χ1n) is 7.41. The van der Waals surface area contributed by atoms with Gasteiger partial charge in [0.15, 0.2) is 0 Å². The average Bonchev–Trinajstić information content (AvgIpc) is 2.52. The Bertz CT molecular complexity index is 713. The third-order valence-corrected chi connectivity index (χ3v) is 4.56. The fraction of sp³-hybridized carbons (Fsp3) is 0.375. The fourth-order valence-electron chi connectivity index (χ4n) is 1.99. The molecule has 0 heterocycles. The highest BCUT2D eigenvalue weighted by Gasteiger charge is 2.22. The van der Waals surface area contributed by atoms with Gasteiger partial charge >= 0.3 is 5.97 Å². The van der Waals surface area contributed by atoms with Gasteiger partial charge in [-0.1, -0.05) is 26.0 Å². The van der Waals surface area contributed by atoms with E-state index in [-0.39, 0.29) is 29.3 Å². The number of aliphatic carboxylic acids is 1. The quantitative estimate of drug-likeness (QED) is 0.580. The Morgan fingerprint density at radius 2 is 2.00 bits per heavy atom. The number of amides is 1. The second-order valence-corrected chi connectivity index (χ2v) is 7.43. The molecule has 0 aliphatic rings. The fourth-order valence-corrected chi connectivity index (χ4v) is 3.03. The zero-order valence-corrected chi connectivity index (χ0v) is 14.5. The Labute approximate surface area is 141 Å². The lowest BCUT2D eigenvalue weighted by Crippen LogP contribution is -2.41. The van der Waals surface area contributed by atoms with E-state index in [1.165, 1.54) is 30.3 Å². The number of carboxylic acids is 1. The van der Waals surface area contributed by atoms with Crippen molar-refractivity contribution >= 4 is 21.9 Å². The van der Waals surface area contributed by atoms with Gasteiger partial charge in [0.2, 0.25) is 10.0 Å². The van der Waals surface area contributed by atoms with Crippen LogP contribution in [0.2, 0.25) is 0 Å². The van der Waals surface area contributed by atoms with Gasteiger partial charge in [-0.15, -0.1) is 6.58 Å². The van der Waals surface area contributed by atoms with E-state index in [2.05, 4.69) is 16.6 Å². The largest absolute Gasteiger partial charge is 0.480 e. The van der Waals surface area contributed by atoms with E-state index in [9.17, 15) is 18.0 Å². The summed E-state index contributed by atoms with van der Waals surface area (Å²) in [5.74, 6) is -1.68. The van der Waals surface area contributed by atoms with Crippen molar-refractivity contribution in [2.75, 3.05) is 6.54 Å².